The number of amides is 1. The van der Waals surface area contributed by atoms with Crippen molar-refractivity contribution in [2.75, 3.05) is 18.5 Å². The highest BCUT2D eigenvalue weighted by molar-refractivity contribution is 9.10. The van der Waals surface area contributed by atoms with Gasteiger partial charge in [0, 0.05) is 29.3 Å². The highest BCUT2D eigenvalue weighted by Crippen LogP contribution is 2.33. The van der Waals surface area contributed by atoms with Crippen molar-refractivity contribution in [3.05, 3.63) is 28.2 Å². The Morgan fingerprint density at radius 2 is 2.25 bits per heavy atom. The molecule has 2 atom stereocenters. The largest absolute Gasteiger partial charge is 0.389 e. The zero-order chi connectivity index (χ0) is 14.7. The number of aliphatic hydroxyl groups is 1. The fourth-order valence-corrected chi connectivity index (χ4v) is 3.13. The first-order chi connectivity index (χ1) is 9.54. The first kappa shape index (κ1) is 15.3. The number of aliphatic hydroxyl groups excluding tert-OH is 1. The van der Waals surface area contributed by atoms with Gasteiger partial charge in [-0.2, -0.15) is 0 Å². The van der Waals surface area contributed by atoms with E-state index in [0.717, 1.165) is 41.5 Å². The second-order valence-corrected chi connectivity index (χ2v) is 6.11. The third-order valence-electron chi connectivity index (χ3n) is 3.80. The zero-order valence-corrected chi connectivity index (χ0v) is 13.5. The minimum Gasteiger partial charge on any atom is -0.389 e. The van der Waals surface area contributed by atoms with Crippen molar-refractivity contribution in [2.24, 2.45) is 0 Å². The molecule has 0 aliphatic carbocycles. The normalized spacial score (nSPS) is 20.6. The van der Waals surface area contributed by atoms with Crippen LogP contribution in [0.25, 0.3) is 0 Å². The summed E-state index contributed by atoms with van der Waals surface area (Å²) in [5, 5.41) is 12.7. The van der Waals surface area contributed by atoms with Gasteiger partial charge in [0.15, 0.2) is 0 Å². The van der Waals surface area contributed by atoms with Gasteiger partial charge in [-0.1, -0.05) is 22.0 Å². The van der Waals surface area contributed by atoms with Crippen molar-refractivity contribution in [1.29, 1.82) is 0 Å². The molecule has 2 unspecified atom stereocenters. The van der Waals surface area contributed by atoms with Crippen LogP contribution >= 0.6 is 15.9 Å². The molecule has 2 rings (SSSR count). The summed E-state index contributed by atoms with van der Waals surface area (Å²) in [5.41, 5.74) is 1.81. The Morgan fingerprint density at radius 1 is 1.50 bits per heavy atom. The van der Waals surface area contributed by atoms with Crippen molar-refractivity contribution in [3.8, 4) is 0 Å². The number of halogens is 1. The van der Waals surface area contributed by atoms with Gasteiger partial charge in [0.25, 0.3) is 0 Å². The van der Waals surface area contributed by atoms with Crippen LogP contribution in [0.5, 0.6) is 0 Å². The molecule has 1 aromatic rings. The quantitative estimate of drug-likeness (QED) is 0.889. The predicted octanol–water partition coefficient (Wildman–Crippen LogP) is 2.61. The smallest absolute Gasteiger partial charge is 0.242 e. The predicted molar refractivity (Wildman–Crippen MR) is 83.8 cm³/mol. The maximum atomic E-state index is 12.1. The van der Waals surface area contributed by atoms with Crippen molar-refractivity contribution < 1.29 is 9.90 Å². The molecule has 1 heterocycles. The maximum absolute atomic E-state index is 12.1. The summed E-state index contributed by atoms with van der Waals surface area (Å²) in [6, 6.07) is 5.67. The van der Waals surface area contributed by atoms with E-state index in [0.29, 0.717) is 0 Å². The molecule has 1 aliphatic rings. The van der Waals surface area contributed by atoms with Crippen molar-refractivity contribution in [2.45, 2.75) is 38.3 Å². The SMILES string of the molecule is CNC(=O)C1CCCCN1c1cc(Br)ccc1C(C)O. The molecular formula is C15H21BrN2O2. The van der Waals surface area contributed by atoms with Crippen LogP contribution < -0.4 is 10.2 Å². The lowest BCUT2D eigenvalue weighted by atomic mass is 9.98. The summed E-state index contributed by atoms with van der Waals surface area (Å²) in [4.78, 5) is 14.2. The second-order valence-electron chi connectivity index (χ2n) is 5.20. The summed E-state index contributed by atoms with van der Waals surface area (Å²) in [6.07, 6.45) is 2.43. The summed E-state index contributed by atoms with van der Waals surface area (Å²) < 4.78 is 0.957. The molecule has 1 amide bonds. The van der Waals surface area contributed by atoms with E-state index >= 15 is 0 Å². The summed E-state index contributed by atoms with van der Waals surface area (Å²) in [7, 11) is 1.67. The lowest BCUT2D eigenvalue weighted by Crippen LogP contribution is -2.49. The number of hydrogen-bond acceptors (Lipinski definition) is 3. The Hall–Kier alpha value is -1.07. The van der Waals surface area contributed by atoms with Crippen LogP contribution in [0, 0.1) is 0 Å². The summed E-state index contributed by atoms with van der Waals surface area (Å²) in [6.45, 7) is 2.60. The Bertz CT molecular complexity index is 491. The monoisotopic (exact) mass is 340 g/mol. The van der Waals surface area contributed by atoms with E-state index in [1.165, 1.54) is 0 Å². The van der Waals surface area contributed by atoms with E-state index in [-0.39, 0.29) is 11.9 Å². The standard InChI is InChI=1S/C15H21BrN2O2/c1-10(19)12-7-6-11(16)9-14(12)18-8-4-3-5-13(18)15(20)17-2/h6-7,9-10,13,19H,3-5,8H2,1-2H3,(H,17,20). The highest BCUT2D eigenvalue weighted by Gasteiger charge is 2.30. The van der Waals surface area contributed by atoms with Gasteiger partial charge in [-0.25, -0.2) is 0 Å². The molecule has 4 nitrogen and oxygen atoms in total. The molecule has 1 saturated heterocycles. The van der Waals surface area contributed by atoms with Gasteiger partial charge in [-0.15, -0.1) is 0 Å². The van der Waals surface area contributed by atoms with Gasteiger partial charge in [0.05, 0.1) is 6.10 Å². The average Bonchev–Trinajstić information content (AvgIpc) is 2.46. The fourth-order valence-electron chi connectivity index (χ4n) is 2.78. The number of piperidine rings is 1. The molecule has 1 fully saturated rings. The minimum absolute atomic E-state index is 0.0428. The van der Waals surface area contributed by atoms with Gasteiger partial charge >= 0.3 is 0 Å². The molecule has 0 saturated carbocycles. The van der Waals surface area contributed by atoms with Crippen LogP contribution in [-0.4, -0.2) is 30.6 Å². The molecule has 0 radical (unpaired) electrons. The number of hydrogen-bond donors (Lipinski definition) is 2. The minimum atomic E-state index is -0.551. The number of rotatable bonds is 3. The van der Waals surface area contributed by atoms with Crippen molar-refractivity contribution in [3.63, 3.8) is 0 Å². The van der Waals surface area contributed by atoms with E-state index in [9.17, 15) is 9.90 Å². The topological polar surface area (TPSA) is 52.6 Å². The van der Waals surface area contributed by atoms with Crippen LogP contribution in [0.1, 0.15) is 37.9 Å². The van der Waals surface area contributed by atoms with Gasteiger partial charge in [0.1, 0.15) is 6.04 Å². The molecule has 5 heteroatoms. The molecular weight excluding hydrogens is 320 g/mol. The molecule has 2 N–H and O–H groups in total. The molecule has 0 spiro atoms. The van der Waals surface area contributed by atoms with E-state index in [4.69, 9.17) is 0 Å². The van der Waals surface area contributed by atoms with E-state index in [1.54, 1.807) is 14.0 Å². The lowest BCUT2D eigenvalue weighted by Gasteiger charge is -2.38. The van der Waals surface area contributed by atoms with E-state index in [2.05, 4.69) is 26.1 Å². The number of benzene rings is 1. The van der Waals surface area contributed by atoms with Crippen LogP contribution in [0.3, 0.4) is 0 Å². The Morgan fingerprint density at radius 3 is 2.90 bits per heavy atom. The number of nitrogens with zero attached hydrogens (tertiary/aromatic N) is 1. The third kappa shape index (κ3) is 3.15. The van der Waals surface area contributed by atoms with Crippen LogP contribution in [-0.2, 0) is 4.79 Å². The van der Waals surface area contributed by atoms with Gasteiger partial charge in [-0.3, -0.25) is 4.79 Å². The number of carbonyl (C=O) groups excluding carboxylic acids is 1. The third-order valence-corrected chi connectivity index (χ3v) is 4.30. The number of carbonyl (C=O) groups is 1. The highest BCUT2D eigenvalue weighted by atomic mass is 79.9. The Kier molecular flexibility index (Phi) is 5.05. The van der Waals surface area contributed by atoms with E-state index in [1.807, 2.05) is 18.2 Å². The number of nitrogens with one attached hydrogen (secondary N) is 1. The number of anilines is 1. The Labute approximate surface area is 128 Å². The summed E-state index contributed by atoms with van der Waals surface area (Å²) in [5.74, 6) is 0.0428. The first-order valence-electron chi connectivity index (χ1n) is 7.00. The van der Waals surface area contributed by atoms with Crippen molar-refractivity contribution >= 4 is 27.5 Å². The maximum Gasteiger partial charge on any atom is 0.242 e. The van der Waals surface area contributed by atoms with Crippen LogP contribution in [0.2, 0.25) is 0 Å². The van der Waals surface area contributed by atoms with Gasteiger partial charge in [0.2, 0.25) is 5.91 Å². The molecule has 20 heavy (non-hydrogen) atoms. The Balaban J connectivity index is 2.41. The fraction of sp³-hybridized carbons (Fsp3) is 0.533. The zero-order valence-electron chi connectivity index (χ0n) is 11.9. The molecule has 1 aliphatic heterocycles. The molecule has 0 aromatic heterocycles. The second kappa shape index (κ2) is 6.59. The van der Waals surface area contributed by atoms with Crippen molar-refractivity contribution in [1.82, 2.24) is 5.32 Å². The van der Waals surface area contributed by atoms with Crippen LogP contribution in [0.15, 0.2) is 22.7 Å². The lowest BCUT2D eigenvalue weighted by molar-refractivity contribution is -0.122. The van der Waals surface area contributed by atoms with Crippen LogP contribution in [0.4, 0.5) is 5.69 Å². The number of likely N-dealkylation sites (N-methyl/N-ethyl adjacent to an activating group) is 1. The molecule has 0 bridgehead atoms. The average molecular weight is 341 g/mol. The molecule has 1 aromatic carbocycles. The van der Waals surface area contributed by atoms with E-state index < -0.39 is 6.10 Å². The van der Waals surface area contributed by atoms with Gasteiger partial charge in [-0.05, 0) is 38.3 Å². The summed E-state index contributed by atoms with van der Waals surface area (Å²) >= 11 is 3.48. The van der Waals surface area contributed by atoms with Gasteiger partial charge < -0.3 is 15.3 Å². The molecule has 110 valence electrons. The first-order valence-corrected chi connectivity index (χ1v) is 7.79.